The number of hydrogen-bond donors (Lipinski definition) is 0. The molecule has 0 saturated heterocycles. The summed E-state index contributed by atoms with van der Waals surface area (Å²) in [5.74, 6) is 0. The van der Waals surface area contributed by atoms with E-state index in [0.717, 1.165) is 76.9 Å². The molecule has 3 heterocycles. The summed E-state index contributed by atoms with van der Waals surface area (Å²) >= 11 is 0. The minimum Gasteiger partial charge on any atom is -0.456 e. The number of furan rings is 3. The van der Waals surface area contributed by atoms with Crippen LogP contribution >= 0.6 is 0 Å². The lowest BCUT2D eigenvalue weighted by molar-refractivity contribution is 0.663. The maximum atomic E-state index is 6.81. The van der Waals surface area contributed by atoms with Gasteiger partial charge in [-0.2, -0.15) is 0 Å². The van der Waals surface area contributed by atoms with E-state index in [1.54, 1.807) is 0 Å². The third-order valence-corrected chi connectivity index (χ3v) is 12.1. The highest BCUT2D eigenvalue weighted by atomic mass is 16.3. The number of para-hydroxylation sites is 2. The monoisotopic (exact) mass is 726 g/mol. The first-order valence-electron chi connectivity index (χ1n) is 19.4. The van der Waals surface area contributed by atoms with Crippen molar-refractivity contribution in [3.05, 3.63) is 182 Å². The summed E-state index contributed by atoms with van der Waals surface area (Å²) in [6, 6.07) is 65.0. The van der Waals surface area contributed by atoms with Gasteiger partial charge in [-0.3, -0.25) is 0 Å². The molecule has 0 fully saturated rings. The van der Waals surface area contributed by atoms with Gasteiger partial charge in [0.05, 0.1) is 5.39 Å². The number of benzene rings is 10. The van der Waals surface area contributed by atoms with Crippen LogP contribution in [-0.4, -0.2) is 0 Å². The van der Waals surface area contributed by atoms with Crippen molar-refractivity contribution in [2.45, 2.75) is 0 Å². The van der Waals surface area contributed by atoms with Crippen LogP contribution in [0.25, 0.3) is 132 Å². The summed E-state index contributed by atoms with van der Waals surface area (Å²) in [6.07, 6.45) is 0. The van der Waals surface area contributed by atoms with Crippen molar-refractivity contribution in [3.63, 3.8) is 0 Å². The Morgan fingerprint density at radius 1 is 0.246 bits per heavy atom. The molecule has 0 aliphatic carbocycles. The van der Waals surface area contributed by atoms with E-state index < -0.39 is 0 Å². The third kappa shape index (κ3) is 4.31. The van der Waals surface area contributed by atoms with Crippen LogP contribution in [0.1, 0.15) is 0 Å². The Hall–Kier alpha value is -7.62. The lowest BCUT2D eigenvalue weighted by Gasteiger charge is -2.18. The molecule has 0 bridgehead atoms. The Morgan fingerprint density at radius 3 is 1.44 bits per heavy atom. The van der Waals surface area contributed by atoms with Gasteiger partial charge < -0.3 is 13.3 Å². The average Bonchev–Trinajstić information content (AvgIpc) is 3.96. The van der Waals surface area contributed by atoms with Crippen LogP contribution in [0.2, 0.25) is 0 Å². The van der Waals surface area contributed by atoms with Crippen LogP contribution in [0.15, 0.2) is 195 Å². The molecule has 0 saturated carbocycles. The van der Waals surface area contributed by atoms with Crippen LogP contribution in [0.3, 0.4) is 0 Å². The zero-order chi connectivity index (χ0) is 37.2. The summed E-state index contributed by atoms with van der Waals surface area (Å²) in [7, 11) is 0. The zero-order valence-corrected chi connectivity index (χ0v) is 30.5. The second kappa shape index (κ2) is 11.5. The van der Waals surface area contributed by atoms with Gasteiger partial charge in [-0.25, -0.2) is 0 Å². The van der Waals surface area contributed by atoms with Crippen molar-refractivity contribution in [1.29, 1.82) is 0 Å². The van der Waals surface area contributed by atoms with Crippen molar-refractivity contribution in [2.75, 3.05) is 0 Å². The molecular formula is C54H30O3. The van der Waals surface area contributed by atoms with Gasteiger partial charge in [0.15, 0.2) is 0 Å². The van der Waals surface area contributed by atoms with Crippen LogP contribution in [0.5, 0.6) is 0 Å². The molecule has 0 N–H and O–H groups in total. The van der Waals surface area contributed by atoms with Crippen molar-refractivity contribution >= 4 is 98.1 Å². The molecule has 0 unspecified atom stereocenters. The molecule has 10 aromatic carbocycles. The quantitative estimate of drug-likeness (QED) is 0.170. The van der Waals surface area contributed by atoms with E-state index in [1.165, 1.54) is 54.6 Å². The maximum absolute atomic E-state index is 6.81. The molecular weight excluding hydrogens is 697 g/mol. The van der Waals surface area contributed by atoms with E-state index in [0.29, 0.717) is 0 Å². The van der Waals surface area contributed by atoms with Crippen molar-refractivity contribution in [1.82, 2.24) is 0 Å². The first kappa shape index (κ1) is 30.7. The highest BCUT2D eigenvalue weighted by Crippen LogP contribution is 2.47. The fourth-order valence-electron chi connectivity index (χ4n) is 9.59. The lowest BCUT2D eigenvalue weighted by atomic mass is 9.85. The second-order valence-corrected chi connectivity index (χ2v) is 15.1. The van der Waals surface area contributed by atoms with E-state index in [-0.39, 0.29) is 0 Å². The summed E-state index contributed by atoms with van der Waals surface area (Å²) in [6.45, 7) is 0. The van der Waals surface area contributed by atoms with Crippen LogP contribution < -0.4 is 0 Å². The van der Waals surface area contributed by atoms with E-state index in [2.05, 4.69) is 158 Å². The van der Waals surface area contributed by atoms with Gasteiger partial charge in [-0.1, -0.05) is 140 Å². The highest BCUT2D eigenvalue weighted by molar-refractivity contribution is 6.28. The van der Waals surface area contributed by atoms with Gasteiger partial charge in [0, 0.05) is 26.9 Å². The largest absolute Gasteiger partial charge is 0.456 e. The molecule has 0 aliphatic rings. The third-order valence-electron chi connectivity index (χ3n) is 12.1. The SMILES string of the molecule is c1ccc2c(c1)oc1ccc(-c3c4ccccc4c(-c4ccc(-c5cc6oc7c(ccc8oc9ccccc9c87)c6c6ccccc56)cc4)c4ccccc34)cc12. The molecule has 3 aromatic heterocycles. The van der Waals surface area contributed by atoms with Gasteiger partial charge in [0.2, 0.25) is 0 Å². The van der Waals surface area contributed by atoms with E-state index in [4.69, 9.17) is 13.3 Å². The van der Waals surface area contributed by atoms with E-state index in [9.17, 15) is 0 Å². The van der Waals surface area contributed by atoms with Crippen LogP contribution in [0.4, 0.5) is 0 Å². The van der Waals surface area contributed by atoms with Crippen LogP contribution in [0, 0.1) is 0 Å². The first-order valence-corrected chi connectivity index (χ1v) is 19.4. The summed E-state index contributed by atoms with van der Waals surface area (Å²) in [4.78, 5) is 0. The van der Waals surface area contributed by atoms with Gasteiger partial charge in [-0.15, -0.1) is 0 Å². The summed E-state index contributed by atoms with van der Waals surface area (Å²) in [5, 5.41) is 13.9. The zero-order valence-electron chi connectivity index (χ0n) is 30.5. The second-order valence-electron chi connectivity index (χ2n) is 15.1. The van der Waals surface area contributed by atoms with Crippen molar-refractivity contribution < 1.29 is 13.3 Å². The Labute approximate surface area is 325 Å². The predicted octanol–water partition coefficient (Wildman–Crippen LogP) is 15.8. The summed E-state index contributed by atoms with van der Waals surface area (Å²) in [5.41, 5.74) is 12.4. The smallest absolute Gasteiger partial charge is 0.147 e. The maximum Gasteiger partial charge on any atom is 0.147 e. The van der Waals surface area contributed by atoms with E-state index >= 15 is 0 Å². The predicted molar refractivity (Wildman–Crippen MR) is 237 cm³/mol. The van der Waals surface area contributed by atoms with Gasteiger partial charge in [-0.05, 0) is 108 Å². The molecule has 13 aromatic rings. The molecule has 3 nitrogen and oxygen atoms in total. The molecule has 57 heavy (non-hydrogen) atoms. The molecule has 264 valence electrons. The molecule has 3 heteroatoms. The molecule has 0 radical (unpaired) electrons. The molecule has 0 aliphatic heterocycles. The lowest BCUT2D eigenvalue weighted by Crippen LogP contribution is -1.91. The minimum absolute atomic E-state index is 0.837. The topological polar surface area (TPSA) is 39.4 Å². The Morgan fingerprint density at radius 2 is 0.737 bits per heavy atom. The first-order chi connectivity index (χ1) is 28.3. The number of fused-ring (bicyclic) bond motifs is 14. The Balaban J connectivity index is 0.998. The molecule has 13 rings (SSSR count). The normalized spacial score (nSPS) is 12.2. The van der Waals surface area contributed by atoms with E-state index in [1.807, 2.05) is 24.3 Å². The van der Waals surface area contributed by atoms with Crippen LogP contribution in [-0.2, 0) is 0 Å². The number of hydrogen-bond acceptors (Lipinski definition) is 3. The van der Waals surface area contributed by atoms with Gasteiger partial charge in [0.25, 0.3) is 0 Å². The minimum atomic E-state index is 0.837. The fourth-order valence-corrected chi connectivity index (χ4v) is 9.59. The molecule has 0 atom stereocenters. The fraction of sp³-hybridized carbons (Fsp3) is 0. The Kier molecular flexibility index (Phi) is 6.16. The Bertz CT molecular complexity index is 3740. The van der Waals surface area contributed by atoms with Crippen molar-refractivity contribution in [2.24, 2.45) is 0 Å². The van der Waals surface area contributed by atoms with Gasteiger partial charge in [0.1, 0.15) is 33.5 Å². The number of rotatable bonds is 3. The highest BCUT2D eigenvalue weighted by Gasteiger charge is 2.21. The average molecular weight is 727 g/mol. The molecule has 0 amide bonds. The molecule has 0 spiro atoms. The van der Waals surface area contributed by atoms with Crippen molar-refractivity contribution in [3.8, 4) is 33.4 Å². The standard InChI is InChI=1S/C54H30O3/c1-2-13-36-34(11-1)43(30-49-52(36)42-26-28-48-53(54(42)57-49)41-18-8-10-20-46(41)56-48)31-21-23-32(24-22-31)50-37-14-3-5-16-39(37)51(40-17-6-4-15-38(40)50)33-25-27-47-44(29-33)35-12-7-9-19-45(35)55-47/h1-30H. The van der Waals surface area contributed by atoms with Gasteiger partial charge >= 0.3 is 0 Å². The summed E-state index contributed by atoms with van der Waals surface area (Å²) < 4.78 is 19.3.